The van der Waals surface area contributed by atoms with Crippen molar-refractivity contribution in [1.82, 2.24) is 4.90 Å². The maximum absolute atomic E-state index is 11.4. The molecule has 0 aliphatic carbocycles. The van der Waals surface area contributed by atoms with Gasteiger partial charge in [-0.1, -0.05) is 18.2 Å². The van der Waals surface area contributed by atoms with Crippen molar-refractivity contribution in [2.24, 2.45) is 5.73 Å². The van der Waals surface area contributed by atoms with Gasteiger partial charge < -0.3 is 15.4 Å². The van der Waals surface area contributed by atoms with Gasteiger partial charge in [0.15, 0.2) is 0 Å². The first-order valence-electron chi connectivity index (χ1n) is 8.78. The van der Waals surface area contributed by atoms with E-state index in [9.17, 15) is 14.9 Å². The molecule has 0 atom stereocenters. The Kier molecular flexibility index (Phi) is 5.87. The lowest BCUT2D eigenvalue weighted by molar-refractivity contribution is -0.384. The number of nitro benzene ring substituents is 1. The summed E-state index contributed by atoms with van der Waals surface area (Å²) >= 11 is 0. The van der Waals surface area contributed by atoms with Gasteiger partial charge in [0.25, 0.3) is 5.69 Å². The zero-order valence-electron chi connectivity index (χ0n) is 14.9. The highest BCUT2D eigenvalue weighted by Gasteiger charge is 2.24. The monoisotopic (exact) mass is 370 g/mol. The first-order chi connectivity index (χ1) is 13.0. The molecule has 0 radical (unpaired) electrons. The van der Waals surface area contributed by atoms with Crippen LogP contribution in [-0.2, 0) is 0 Å². The third kappa shape index (κ3) is 4.73. The summed E-state index contributed by atoms with van der Waals surface area (Å²) < 4.78 is 5.72. The number of benzene rings is 2. The van der Waals surface area contributed by atoms with E-state index in [-0.39, 0.29) is 11.3 Å². The van der Waals surface area contributed by atoms with Crippen LogP contribution in [0.4, 0.5) is 11.4 Å². The summed E-state index contributed by atoms with van der Waals surface area (Å²) in [4.78, 5) is 26.4. The van der Waals surface area contributed by atoms with Crippen LogP contribution in [0.2, 0.25) is 0 Å². The molecule has 1 aliphatic heterocycles. The predicted molar refractivity (Wildman–Crippen MR) is 102 cm³/mol. The van der Waals surface area contributed by atoms with E-state index < -0.39 is 10.8 Å². The average Bonchev–Trinajstić information content (AvgIpc) is 2.69. The second-order valence-corrected chi connectivity index (χ2v) is 6.32. The van der Waals surface area contributed by atoms with Crippen molar-refractivity contribution in [3.05, 3.63) is 64.2 Å². The first-order valence-corrected chi connectivity index (χ1v) is 8.78. The number of nitro groups is 1. The number of piperazine rings is 1. The number of anilines is 1. The summed E-state index contributed by atoms with van der Waals surface area (Å²) in [6.45, 7) is 4.30. The Bertz CT molecular complexity index is 805. The Morgan fingerprint density at radius 1 is 1.11 bits per heavy atom. The molecule has 1 fully saturated rings. The standard InChI is InChI=1S/C19H22N4O4/c20-19(24)15-6-7-17(18(14-15)23(25)26)22-10-8-21(9-11-22)12-13-27-16-4-2-1-3-5-16/h1-7,14H,8-13H2,(H2,20,24). The van der Waals surface area contributed by atoms with Gasteiger partial charge in [0, 0.05) is 44.4 Å². The van der Waals surface area contributed by atoms with Gasteiger partial charge in [-0.25, -0.2) is 0 Å². The van der Waals surface area contributed by atoms with Gasteiger partial charge in [0.1, 0.15) is 18.0 Å². The number of nitrogens with two attached hydrogens (primary N) is 1. The van der Waals surface area contributed by atoms with Gasteiger partial charge in [-0.15, -0.1) is 0 Å². The third-order valence-electron chi connectivity index (χ3n) is 4.59. The molecule has 1 heterocycles. The quantitative estimate of drug-likeness (QED) is 0.590. The normalized spacial score (nSPS) is 14.7. The number of ether oxygens (including phenoxy) is 1. The minimum atomic E-state index is -0.673. The molecular formula is C19H22N4O4. The third-order valence-corrected chi connectivity index (χ3v) is 4.59. The van der Waals surface area contributed by atoms with Crippen molar-refractivity contribution in [3.8, 4) is 5.75 Å². The number of hydrogen-bond acceptors (Lipinski definition) is 6. The van der Waals surface area contributed by atoms with Crippen molar-refractivity contribution >= 4 is 17.3 Å². The summed E-state index contributed by atoms with van der Waals surface area (Å²) in [7, 11) is 0. The lowest BCUT2D eigenvalue weighted by atomic mass is 10.1. The number of hydrogen-bond donors (Lipinski definition) is 1. The van der Waals surface area contributed by atoms with Crippen molar-refractivity contribution < 1.29 is 14.5 Å². The number of carbonyl (C=O) groups excluding carboxylic acids is 1. The van der Waals surface area contributed by atoms with E-state index in [0.717, 1.165) is 25.4 Å². The molecule has 2 aromatic carbocycles. The molecule has 3 rings (SSSR count). The fourth-order valence-electron chi connectivity index (χ4n) is 3.11. The smallest absolute Gasteiger partial charge is 0.293 e. The maximum atomic E-state index is 11.4. The molecule has 1 saturated heterocycles. The molecule has 8 heteroatoms. The predicted octanol–water partition coefficient (Wildman–Crippen LogP) is 1.89. The Balaban J connectivity index is 1.56. The van der Waals surface area contributed by atoms with Crippen molar-refractivity contribution in [2.45, 2.75) is 0 Å². The van der Waals surface area contributed by atoms with Gasteiger partial charge in [-0.05, 0) is 24.3 Å². The fraction of sp³-hybridized carbons (Fsp3) is 0.316. The topological polar surface area (TPSA) is 102 Å². The summed E-state index contributed by atoms with van der Waals surface area (Å²) in [6.07, 6.45) is 0. The zero-order chi connectivity index (χ0) is 19.2. The van der Waals surface area contributed by atoms with Crippen molar-refractivity contribution in [1.29, 1.82) is 0 Å². The van der Waals surface area contributed by atoms with Crippen LogP contribution in [0, 0.1) is 10.1 Å². The highest BCUT2D eigenvalue weighted by Crippen LogP contribution is 2.30. The zero-order valence-corrected chi connectivity index (χ0v) is 14.9. The number of rotatable bonds is 7. The molecule has 0 saturated carbocycles. The number of para-hydroxylation sites is 1. The molecule has 2 N–H and O–H groups in total. The van der Waals surface area contributed by atoms with Crippen molar-refractivity contribution in [3.63, 3.8) is 0 Å². The van der Waals surface area contributed by atoms with Crippen LogP contribution in [0.1, 0.15) is 10.4 Å². The van der Waals surface area contributed by atoms with Crippen LogP contribution in [0.25, 0.3) is 0 Å². The van der Waals surface area contributed by atoms with E-state index in [4.69, 9.17) is 10.5 Å². The molecule has 0 bridgehead atoms. The number of carbonyl (C=O) groups is 1. The Labute approximate surface area is 157 Å². The van der Waals surface area contributed by atoms with Gasteiger partial charge >= 0.3 is 0 Å². The highest BCUT2D eigenvalue weighted by molar-refractivity contribution is 5.94. The molecular weight excluding hydrogens is 348 g/mol. The molecule has 8 nitrogen and oxygen atoms in total. The second kappa shape index (κ2) is 8.50. The summed E-state index contributed by atoms with van der Waals surface area (Å²) in [5.74, 6) is 0.175. The van der Waals surface area contributed by atoms with Gasteiger partial charge in [-0.3, -0.25) is 19.8 Å². The number of primary amides is 1. The Morgan fingerprint density at radius 2 is 1.81 bits per heavy atom. The van der Waals surface area contributed by atoms with E-state index in [1.165, 1.54) is 12.1 Å². The number of nitrogens with zero attached hydrogens (tertiary/aromatic N) is 3. The van der Waals surface area contributed by atoms with E-state index in [1.807, 2.05) is 35.2 Å². The SMILES string of the molecule is NC(=O)c1ccc(N2CCN(CCOc3ccccc3)CC2)c([N+](=O)[O-])c1. The minimum Gasteiger partial charge on any atom is -0.492 e. The van der Waals surface area contributed by atoms with Gasteiger partial charge in [-0.2, -0.15) is 0 Å². The highest BCUT2D eigenvalue weighted by atomic mass is 16.6. The lowest BCUT2D eigenvalue weighted by Crippen LogP contribution is -2.47. The van der Waals surface area contributed by atoms with Crippen LogP contribution in [0.3, 0.4) is 0 Å². The van der Waals surface area contributed by atoms with E-state index in [2.05, 4.69) is 4.90 Å². The van der Waals surface area contributed by atoms with Gasteiger partial charge in [0.05, 0.1) is 4.92 Å². The van der Waals surface area contributed by atoms with Gasteiger partial charge in [0.2, 0.25) is 5.91 Å². The lowest BCUT2D eigenvalue weighted by Gasteiger charge is -2.35. The molecule has 142 valence electrons. The average molecular weight is 370 g/mol. The van der Waals surface area contributed by atoms with Crippen LogP contribution < -0.4 is 15.4 Å². The summed E-state index contributed by atoms with van der Waals surface area (Å²) in [6, 6.07) is 14.0. The fourth-order valence-corrected chi connectivity index (χ4v) is 3.11. The molecule has 0 spiro atoms. The molecule has 2 aromatic rings. The minimum absolute atomic E-state index is 0.0906. The molecule has 1 aliphatic rings. The van der Waals surface area contributed by atoms with Crippen molar-refractivity contribution in [2.75, 3.05) is 44.2 Å². The van der Waals surface area contributed by atoms with E-state index in [1.54, 1.807) is 6.07 Å². The number of amides is 1. The second-order valence-electron chi connectivity index (χ2n) is 6.32. The Hall–Kier alpha value is -3.13. The van der Waals surface area contributed by atoms with Crippen LogP contribution >= 0.6 is 0 Å². The largest absolute Gasteiger partial charge is 0.492 e. The van der Waals surface area contributed by atoms with Crippen LogP contribution in [0.5, 0.6) is 5.75 Å². The van der Waals surface area contributed by atoms with Crippen LogP contribution in [-0.4, -0.2) is 55.1 Å². The van der Waals surface area contributed by atoms with E-state index in [0.29, 0.717) is 25.4 Å². The first kappa shape index (κ1) is 18.7. The van der Waals surface area contributed by atoms with Crippen LogP contribution in [0.15, 0.2) is 48.5 Å². The Morgan fingerprint density at radius 3 is 2.44 bits per heavy atom. The molecule has 0 aromatic heterocycles. The molecule has 1 amide bonds. The van der Waals surface area contributed by atoms with E-state index >= 15 is 0 Å². The molecule has 27 heavy (non-hydrogen) atoms. The maximum Gasteiger partial charge on any atom is 0.293 e. The summed E-state index contributed by atoms with van der Waals surface area (Å²) in [5.41, 5.74) is 5.79. The molecule has 0 unspecified atom stereocenters. The summed E-state index contributed by atoms with van der Waals surface area (Å²) in [5, 5.41) is 11.4.